The zero-order chi connectivity index (χ0) is 13.5. The smallest absolute Gasteiger partial charge is 0.0745 e. The van der Waals surface area contributed by atoms with Crippen LogP contribution in [0.15, 0.2) is 54.6 Å². The summed E-state index contributed by atoms with van der Waals surface area (Å²) in [6.07, 6.45) is 0. The van der Waals surface area contributed by atoms with Crippen molar-refractivity contribution in [2.24, 2.45) is 0 Å². The van der Waals surface area contributed by atoms with Crippen molar-refractivity contribution in [1.82, 2.24) is 0 Å². The van der Waals surface area contributed by atoms with Crippen LogP contribution in [-0.2, 0) is 11.3 Å². The summed E-state index contributed by atoms with van der Waals surface area (Å²) in [5, 5.41) is 12.9. The number of hydrogen-bond donors (Lipinski definition) is 2. The number of para-hydroxylation sites is 1. The Morgan fingerprint density at radius 3 is 2.58 bits per heavy atom. The summed E-state index contributed by atoms with van der Waals surface area (Å²) in [5.41, 5.74) is 3.16. The van der Waals surface area contributed by atoms with Crippen LogP contribution in [0.25, 0.3) is 0 Å². The largest absolute Gasteiger partial charge is 0.394 e. The average molecular weight is 257 g/mol. The summed E-state index contributed by atoms with van der Waals surface area (Å²) in [6, 6.07) is 17.8. The van der Waals surface area contributed by atoms with Gasteiger partial charge in [0.15, 0.2) is 0 Å². The molecule has 3 nitrogen and oxygen atoms in total. The molecule has 2 aromatic carbocycles. The van der Waals surface area contributed by atoms with Crippen LogP contribution in [0.2, 0.25) is 0 Å². The van der Waals surface area contributed by atoms with Crippen LogP contribution in [0, 0.1) is 0 Å². The summed E-state index contributed by atoms with van der Waals surface area (Å²) in [4.78, 5) is 0. The first kappa shape index (κ1) is 13.6. The van der Waals surface area contributed by atoms with Crippen LogP contribution < -0.4 is 5.32 Å². The maximum atomic E-state index is 9.57. The van der Waals surface area contributed by atoms with E-state index < -0.39 is 0 Å². The maximum absolute atomic E-state index is 9.57. The molecular weight excluding hydrogens is 238 g/mol. The third-order valence-corrected chi connectivity index (χ3v) is 2.96. The van der Waals surface area contributed by atoms with Gasteiger partial charge < -0.3 is 15.2 Å². The van der Waals surface area contributed by atoms with Crippen molar-refractivity contribution in [2.45, 2.75) is 12.6 Å². The molecule has 0 heterocycles. The number of hydrogen-bond acceptors (Lipinski definition) is 3. The number of aliphatic hydroxyl groups is 1. The van der Waals surface area contributed by atoms with E-state index in [0.29, 0.717) is 6.61 Å². The minimum Gasteiger partial charge on any atom is -0.394 e. The van der Waals surface area contributed by atoms with E-state index in [0.717, 1.165) is 16.8 Å². The summed E-state index contributed by atoms with van der Waals surface area (Å²) in [6.45, 7) is 0.628. The van der Waals surface area contributed by atoms with E-state index in [1.54, 1.807) is 7.11 Å². The summed E-state index contributed by atoms with van der Waals surface area (Å²) >= 11 is 0. The first-order valence-electron chi connectivity index (χ1n) is 6.33. The van der Waals surface area contributed by atoms with Gasteiger partial charge >= 0.3 is 0 Å². The molecule has 0 aromatic heterocycles. The summed E-state index contributed by atoms with van der Waals surface area (Å²) in [5.74, 6) is 0. The molecule has 0 saturated heterocycles. The molecule has 100 valence electrons. The van der Waals surface area contributed by atoms with Crippen molar-refractivity contribution in [3.63, 3.8) is 0 Å². The molecule has 2 aromatic rings. The first-order chi connectivity index (χ1) is 9.33. The number of aliphatic hydroxyl groups excluding tert-OH is 1. The van der Waals surface area contributed by atoms with Crippen molar-refractivity contribution >= 4 is 5.69 Å². The van der Waals surface area contributed by atoms with Gasteiger partial charge in [0.2, 0.25) is 0 Å². The summed E-state index contributed by atoms with van der Waals surface area (Å²) in [7, 11) is 1.68. The molecule has 0 aliphatic heterocycles. The number of methoxy groups -OCH3 is 1. The van der Waals surface area contributed by atoms with E-state index in [-0.39, 0.29) is 12.6 Å². The van der Waals surface area contributed by atoms with Crippen molar-refractivity contribution in [2.75, 3.05) is 19.0 Å². The molecule has 1 atom stereocenters. The fourth-order valence-electron chi connectivity index (χ4n) is 2.04. The Morgan fingerprint density at radius 2 is 1.89 bits per heavy atom. The van der Waals surface area contributed by atoms with E-state index in [1.807, 2.05) is 48.5 Å². The van der Waals surface area contributed by atoms with E-state index in [1.165, 1.54) is 0 Å². The lowest BCUT2D eigenvalue weighted by Gasteiger charge is -2.18. The molecule has 1 unspecified atom stereocenters. The Bertz CT molecular complexity index is 499. The van der Waals surface area contributed by atoms with Gasteiger partial charge in [-0.1, -0.05) is 42.5 Å². The SMILES string of the molecule is COCc1cccc(C(CO)Nc2ccccc2)c1. The Balaban J connectivity index is 2.15. The van der Waals surface area contributed by atoms with Crippen molar-refractivity contribution in [1.29, 1.82) is 0 Å². The van der Waals surface area contributed by atoms with Gasteiger partial charge in [0.1, 0.15) is 0 Å². The van der Waals surface area contributed by atoms with Crippen molar-refractivity contribution in [3.05, 3.63) is 65.7 Å². The second-order valence-electron chi connectivity index (χ2n) is 4.42. The van der Waals surface area contributed by atoms with E-state index in [9.17, 15) is 5.11 Å². The van der Waals surface area contributed by atoms with Crippen LogP contribution in [0.3, 0.4) is 0 Å². The monoisotopic (exact) mass is 257 g/mol. The molecule has 0 amide bonds. The quantitative estimate of drug-likeness (QED) is 0.836. The topological polar surface area (TPSA) is 41.5 Å². The minimum absolute atomic E-state index is 0.0470. The van der Waals surface area contributed by atoms with Crippen molar-refractivity contribution in [3.8, 4) is 0 Å². The number of nitrogens with one attached hydrogen (secondary N) is 1. The standard InChI is InChI=1S/C16H19NO2/c1-19-12-13-6-5-7-14(10-13)16(11-18)17-15-8-3-2-4-9-15/h2-10,16-18H,11-12H2,1H3. The van der Waals surface area contributed by atoms with Crippen LogP contribution in [-0.4, -0.2) is 18.8 Å². The predicted octanol–water partition coefficient (Wildman–Crippen LogP) is 2.98. The summed E-state index contributed by atoms with van der Waals surface area (Å²) < 4.78 is 5.13. The van der Waals surface area contributed by atoms with Crippen LogP contribution >= 0.6 is 0 Å². The normalized spacial score (nSPS) is 12.1. The average Bonchev–Trinajstić information content (AvgIpc) is 2.46. The van der Waals surface area contributed by atoms with E-state index in [2.05, 4.69) is 11.4 Å². The first-order valence-corrected chi connectivity index (χ1v) is 6.33. The van der Waals surface area contributed by atoms with Crippen molar-refractivity contribution < 1.29 is 9.84 Å². The van der Waals surface area contributed by atoms with Gasteiger partial charge in [0, 0.05) is 12.8 Å². The lowest BCUT2D eigenvalue weighted by molar-refractivity contribution is 0.184. The third-order valence-electron chi connectivity index (χ3n) is 2.96. The highest BCUT2D eigenvalue weighted by Crippen LogP contribution is 2.20. The predicted molar refractivity (Wildman–Crippen MR) is 77.0 cm³/mol. The molecule has 2 rings (SSSR count). The molecule has 0 spiro atoms. The van der Waals surface area contributed by atoms with Gasteiger partial charge in [0.25, 0.3) is 0 Å². The Morgan fingerprint density at radius 1 is 1.11 bits per heavy atom. The van der Waals surface area contributed by atoms with Crippen LogP contribution in [0.5, 0.6) is 0 Å². The van der Waals surface area contributed by atoms with Gasteiger partial charge in [-0.15, -0.1) is 0 Å². The highest BCUT2D eigenvalue weighted by Gasteiger charge is 2.10. The molecular formula is C16H19NO2. The highest BCUT2D eigenvalue weighted by molar-refractivity contribution is 5.45. The Hall–Kier alpha value is -1.84. The highest BCUT2D eigenvalue weighted by atomic mass is 16.5. The minimum atomic E-state index is -0.112. The number of rotatable bonds is 6. The number of benzene rings is 2. The van der Waals surface area contributed by atoms with E-state index in [4.69, 9.17) is 4.74 Å². The Labute approximate surface area is 113 Å². The van der Waals surface area contributed by atoms with Gasteiger partial charge in [-0.2, -0.15) is 0 Å². The van der Waals surface area contributed by atoms with Gasteiger partial charge in [0.05, 0.1) is 19.3 Å². The molecule has 3 heteroatoms. The number of ether oxygens (including phenoxy) is 1. The zero-order valence-electron chi connectivity index (χ0n) is 11.0. The lowest BCUT2D eigenvalue weighted by Crippen LogP contribution is -2.15. The molecule has 2 N–H and O–H groups in total. The van der Waals surface area contributed by atoms with Gasteiger partial charge in [-0.3, -0.25) is 0 Å². The van der Waals surface area contributed by atoms with Gasteiger partial charge in [-0.25, -0.2) is 0 Å². The second-order valence-corrected chi connectivity index (χ2v) is 4.42. The van der Waals surface area contributed by atoms with Gasteiger partial charge in [-0.05, 0) is 23.3 Å². The number of anilines is 1. The third kappa shape index (κ3) is 3.81. The molecule has 0 aliphatic carbocycles. The molecule has 0 saturated carbocycles. The molecule has 0 aliphatic rings. The van der Waals surface area contributed by atoms with E-state index >= 15 is 0 Å². The maximum Gasteiger partial charge on any atom is 0.0745 e. The van der Waals surface area contributed by atoms with Crippen LogP contribution in [0.4, 0.5) is 5.69 Å². The Kier molecular flexibility index (Phi) is 4.95. The fourth-order valence-corrected chi connectivity index (χ4v) is 2.04. The molecule has 0 fully saturated rings. The van der Waals surface area contributed by atoms with Crippen LogP contribution in [0.1, 0.15) is 17.2 Å². The zero-order valence-corrected chi connectivity index (χ0v) is 11.0. The molecule has 19 heavy (non-hydrogen) atoms. The fraction of sp³-hybridized carbons (Fsp3) is 0.250. The molecule has 0 bridgehead atoms. The molecule has 0 radical (unpaired) electrons. The lowest BCUT2D eigenvalue weighted by atomic mass is 10.0. The second kappa shape index (κ2) is 6.92.